The second-order valence-corrected chi connectivity index (χ2v) is 4.60. The minimum atomic E-state index is -1.08. The van der Waals surface area contributed by atoms with Crippen LogP contribution in [0.3, 0.4) is 0 Å². The van der Waals surface area contributed by atoms with Crippen LogP contribution in [0.5, 0.6) is 0 Å². The van der Waals surface area contributed by atoms with Crippen LogP contribution in [0, 0.1) is 0 Å². The zero-order valence-corrected chi connectivity index (χ0v) is 10.6. The third kappa shape index (κ3) is 3.08. The predicted octanol–water partition coefficient (Wildman–Crippen LogP) is 0.553. The number of fused-ring (bicyclic) bond motifs is 1. The number of nitrogens with zero attached hydrogens (tertiary/aromatic N) is 2. The highest BCUT2D eigenvalue weighted by atomic mass is 16.4. The normalized spacial score (nSPS) is 15.7. The van der Waals surface area contributed by atoms with Crippen LogP contribution in [-0.2, 0) is 16.0 Å². The zero-order valence-electron chi connectivity index (χ0n) is 10.6. The summed E-state index contributed by atoms with van der Waals surface area (Å²) in [5.41, 5.74) is 7.16. The molecule has 0 saturated carbocycles. The van der Waals surface area contributed by atoms with Gasteiger partial charge in [-0.25, -0.2) is 0 Å². The van der Waals surface area contributed by atoms with E-state index in [9.17, 15) is 9.59 Å². The first kappa shape index (κ1) is 13.5. The van der Waals surface area contributed by atoms with Gasteiger partial charge in [0.2, 0.25) is 5.91 Å². The van der Waals surface area contributed by atoms with Gasteiger partial charge >= 0.3 is 5.97 Å². The van der Waals surface area contributed by atoms with E-state index in [0.717, 1.165) is 24.2 Å². The predicted molar refractivity (Wildman–Crippen MR) is 69.8 cm³/mol. The number of hydrogen-bond acceptors (Lipinski definition) is 4. The van der Waals surface area contributed by atoms with Gasteiger partial charge in [0.1, 0.15) is 6.04 Å². The number of carboxylic acids is 1. The molecule has 1 aromatic heterocycles. The van der Waals surface area contributed by atoms with E-state index in [2.05, 4.69) is 4.98 Å². The molecule has 2 rings (SSSR count). The summed E-state index contributed by atoms with van der Waals surface area (Å²) in [5, 5.41) is 8.70. The number of aromatic nitrogens is 1. The molecule has 0 fully saturated rings. The largest absolute Gasteiger partial charge is 0.480 e. The number of hydrogen-bond donors (Lipinski definition) is 2. The molecule has 0 aromatic carbocycles. The molecular weight excluding hydrogens is 246 g/mol. The molecule has 0 spiro atoms. The second kappa shape index (κ2) is 5.79. The van der Waals surface area contributed by atoms with Crippen molar-refractivity contribution in [1.82, 2.24) is 4.98 Å². The lowest BCUT2D eigenvalue weighted by molar-refractivity contribution is -0.138. The zero-order chi connectivity index (χ0) is 13.8. The summed E-state index contributed by atoms with van der Waals surface area (Å²) in [4.78, 5) is 28.7. The number of carbonyl (C=O) groups is 2. The summed E-state index contributed by atoms with van der Waals surface area (Å²) in [6.45, 7) is 0.653. The number of rotatable bonds is 4. The van der Waals surface area contributed by atoms with Crippen LogP contribution in [0.1, 0.15) is 25.0 Å². The smallest absolute Gasteiger partial charge is 0.320 e. The first-order valence-electron chi connectivity index (χ1n) is 6.32. The number of nitrogens with two attached hydrogens (primary N) is 1. The topological polar surface area (TPSA) is 96.5 Å². The summed E-state index contributed by atoms with van der Waals surface area (Å²) >= 11 is 0. The number of carbonyl (C=O) groups excluding carboxylic acids is 1. The maximum Gasteiger partial charge on any atom is 0.320 e. The monoisotopic (exact) mass is 263 g/mol. The van der Waals surface area contributed by atoms with Gasteiger partial charge in [-0.1, -0.05) is 0 Å². The molecule has 1 aliphatic rings. The number of carboxylic acid groups (broad SMARTS) is 1. The van der Waals surface area contributed by atoms with E-state index in [4.69, 9.17) is 10.8 Å². The van der Waals surface area contributed by atoms with Gasteiger partial charge in [0.05, 0.1) is 11.4 Å². The maximum absolute atomic E-state index is 12.1. The number of anilines is 1. The molecule has 0 aliphatic carbocycles. The fourth-order valence-electron chi connectivity index (χ4n) is 2.19. The molecule has 0 bridgehead atoms. The lowest BCUT2D eigenvalue weighted by Crippen LogP contribution is -2.38. The minimum absolute atomic E-state index is 0.0920. The molecule has 1 atom stereocenters. The lowest BCUT2D eigenvalue weighted by atomic mass is 10.1. The third-order valence-electron chi connectivity index (χ3n) is 3.24. The number of pyridine rings is 1. The summed E-state index contributed by atoms with van der Waals surface area (Å²) in [5.74, 6) is -1.17. The van der Waals surface area contributed by atoms with Crippen molar-refractivity contribution >= 4 is 17.6 Å². The highest BCUT2D eigenvalue weighted by molar-refractivity contribution is 5.94. The van der Waals surface area contributed by atoms with Crippen LogP contribution >= 0.6 is 0 Å². The van der Waals surface area contributed by atoms with Crippen molar-refractivity contribution in [3.05, 3.63) is 24.0 Å². The molecule has 6 nitrogen and oxygen atoms in total. The Kier molecular flexibility index (Phi) is 4.11. The van der Waals surface area contributed by atoms with Crippen LogP contribution < -0.4 is 10.6 Å². The fraction of sp³-hybridized carbons (Fsp3) is 0.462. The molecule has 1 amide bonds. The van der Waals surface area contributed by atoms with E-state index >= 15 is 0 Å². The van der Waals surface area contributed by atoms with Gasteiger partial charge in [-0.2, -0.15) is 0 Å². The number of aryl methyl sites for hydroxylation is 1. The van der Waals surface area contributed by atoms with Crippen molar-refractivity contribution in [2.75, 3.05) is 11.4 Å². The van der Waals surface area contributed by atoms with Crippen LogP contribution in [-0.4, -0.2) is 34.6 Å². The lowest BCUT2D eigenvalue weighted by Gasteiger charge is -2.28. The molecule has 1 unspecified atom stereocenters. The Morgan fingerprint density at radius 1 is 1.53 bits per heavy atom. The standard InChI is InChI=1S/C13H17N3O3/c14-9(13(18)19)5-6-12(17)16-8-2-3-10-11(16)4-1-7-15-10/h1,4,7,9H,2-3,5-6,8,14H2,(H,18,19). The average molecular weight is 263 g/mol. The van der Waals surface area contributed by atoms with Gasteiger partial charge in [0.15, 0.2) is 0 Å². The molecule has 6 heteroatoms. The van der Waals surface area contributed by atoms with Crippen molar-refractivity contribution in [3.63, 3.8) is 0 Å². The van der Waals surface area contributed by atoms with Crippen LogP contribution in [0.25, 0.3) is 0 Å². The van der Waals surface area contributed by atoms with E-state index < -0.39 is 12.0 Å². The Hall–Kier alpha value is -1.95. The summed E-state index contributed by atoms with van der Waals surface area (Å²) in [6, 6.07) is 2.69. The molecule has 0 saturated heterocycles. The fourth-order valence-corrected chi connectivity index (χ4v) is 2.19. The third-order valence-corrected chi connectivity index (χ3v) is 3.24. The van der Waals surface area contributed by atoms with E-state index in [0.29, 0.717) is 6.54 Å². The average Bonchev–Trinajstić information content (AvgIpc) is 2.43. The molecule has 0 radical (unpaired) electrons. The highest BCUT2D eigenvalue weighted by Crippen LogP contribution is 2.25. The van der Waals surface area contributed by atoms with Crippen molar-refractivity contribution in [2.24, 2.45) is 5.73 Å². The molecular formula is C13H17N3O3. The maximum atomic E-state index is 12.1. The summed E-state index contributed by atoms with van der Waals surface area (Å²) in [6.07, 6.45) is 3.75. The molecule has 3 N–H and O–H groups in total. The quantitative estimate of drug-likeness (QED) is 0.827. The van der Waals surface area contributed by atoms with Crippen molar-refractivity contribution in [3.8, 4) is 0 Å². The summed E-state index contributed by atoms with van der Waals surface area (Å²) < 4.78 is 0. The van der Waals surface area contributed by atoms with Crippen molar-refractivity contribution < 1.29 is 14.7 Å². The van der Waals surface area contributed by atoms with Gasteiger partial charge in [-0.05, 0) is 31.4 Å². The Labute approximate surface area is 111 Å². The minimum Gasteiger partial charge on any atom is -0.480 e. The highest BCUT2D eigenvalue weighted by Gasteiger charge is 2.24. The second-order valence-electron chi connectivity index (χ2n) is 4.60. The van der Waals surface area contributed by atoms with Crippen LogP contribution in [0.4, 0.5) is 5.69 Å². The van der Waals surface area contributed by atoms with E-state index in [1.165, 1.54) is 0 Å². The molecule has 1 aliphatic heterocycles. The molecule has 19 heavy (non-hydrogen) atoms. The van der Waals surface area contributed by atoms with Gasteiger partial charge in [-0.15, -0.1) is 0 Å². The van der Waals surface area contributed by atoms with Crippen molar-refractivity contribution in [2.45, 2.75) is 31.7 Å². The summed E-state index contributed by atoms with van der Waals surface area (Å²) in [7, 11) is 0. The molecule has 102 valence electrons. The van der Waals surface area contributed by atoms with Crippen LogP contribution in [0.15, 0.2) is 18.3 Å². The molecule has 1 aromatic rings. The Bertz CT molecular complexity index is 490. The first-order chi connectivity index (χ1) is 9.09. The Balaban J connectivity index is 2.03. The van der Waals surface area contributed by atoms with Gasteiger partial charge in [0.25, 0.3) is 0 Å². The SMILES string of the molecule is NC(CCC(=O)N1CCCc2ncccc21)C(=O)O. The van der Waals surface area contributed by atoms with Crippen LogP contribution in [0.2, 0.25) is 0 Å². The Morgan fingerprint density at radius 3 is 3.05 bits per heavy atom. The van der Waals surface area contributed by atoms with Gasteiger partial charge in [-0.3, -0.25) is 14.6 Å². The number of amides is 1. The number of aliphatic carboxylic acids is 1. The van der Waals surface area contributed by atoms with E-state index in [-0.39, 0.29) is 18.7 Å². The van der Waals surface area contributed by atoms with Gasteiger partial charge < -0.3 is 15.7 Å². The van der Waals surface area contributed by atoms with Crippen molar-refractivity contribution in [1.29, 1.82) is 0 Å². The first-order valence-corrected chi connectivity index (χ1v) is 6.32. The Morgan fingerprint density at radius 2 is 2.32 bits per heavy atom. The van der Waals surface area contributed by atoms with E-state index in [1.54, 1.807) is 17.2 Å². The van der Waals surface area contributed by atoms with E-state index in [1.807, 2.05) is 6.07 Å². The molecule has 2 heterocycles. The van der Waals surface area contributed by atoms with Gasteiger partial charge in [0, 0.05) is 19.2 Å².